The first kappa shape index (κ1) is 10.6. The van der Waals surface area contributed by atoms with Crippen LogP contribution in [0.25, 0.3) is 0 Å². The maximum absolute atomic E-state index is 6.05. The maximum atomic E-state index is 6.05. The molecule has 1 aromatic rings. The molecule has 0 aromatic carbocycles. The molecule has 84 valence electrons. The number of hydrogen-bond donors (Lipinski definition) is 1. The van der Waals surface area contributed by atoms with E-state index in [1.807, 2.05) is 17.9 Å². The van der Waals surface area contributed by atoms with E-state index in [9.17, 15) is 0 Å². The average molecular weight is 208 g/mol. The molecule has 0 amide bonds. The lowest BCUT2D eigenvalue weighted by Gasteiger charge is -2.40. The van der Waals surface area contributed by atoms with Crippen LogP contribution in [0.2, 0.25) is 0 Å². The van der Waals surface area contributed by atoms with Gasteiger partial charge in [0.25, 0.3) is 0 Å². The van der Waals surface area contributed by atoms with Gasteiger partial charge in [-0.05, 0) is 24.7 Å². The summed E-state index contributed by atoms with van der Waals surface area (Å²) in [6.07, 6.45) is 5.25. The lowest BCUT2D eigenvalue weighted by atomic mass is 9.66. The molecular formula is C11H20N4. The summed E-state index contributed by atoms with van der Waals surface area (Å²) < 4.78 is 1.88. The molecule has 0 saturated heterocycles. The fourth-order valence-electron chi connectivity index (χ4n) is 2.61. The van der Waals surface area contributed by atoms with E-state index in [0.717, 1.165) is 12.8 Å². The zero-order chi connectivity index (χ0) is 11.1. The summed E-state index contributed by atoms with van der Waals surface area (Å²) in [5.74, 6) is 0.487. The topological polar surface area (TPSA) is 56.7 Å². The molecule has 1 heterocycles. The van der Waals surface area contributed by atoms with E-state index >= 15 is 0 Å². The van der Waals surface area contributed by atoms with Crippen molar-refractivity contribution in [3.05, 3.63) is 11.9 Å². The monoisotopic (exact) mass is 208 g/mol. The van der Waals surface area contributed by atoms with Crippen LogP contribution in [0.5, 0.6) is 0 Å². The van der Waals surface area contributed by atoms with Gasteiger partial charge in [-0.25, -0.2) is 0 Å². The first-order valence-electron chi connectivity index (χ1n) is 5.61. The number of aryl methyl sites for hydroxylation is 1. The Balaban J connectivity index is 2.29. The van der Waals surface area contributed by atoms with Crippen LogP contribution in [-0.4, -0.2) is 21.0 Å². The van der Waals surface area contributed by atoms with Gasteiger partial charge in [-0.1, -0.05) is 19.1 Å². The Hall–Kier alpha value is -0.900. The molecule has 0 aliphatic heterocycles. The molecule has 2 rings (SSSR count). The highest BCUT2D eigenvalue weighted by Crippen LogP contribution is 2.45. The fourth-order valence-corrected chi connectivity index (χ4v) is 2.61. The van der Waals surface area contributed by atoms with E-state index in [1.54, 1.807) is 0 Å². The summed E-state index contributed by atoms with van der Waals surface area (Å²) in [6, 6.07) is 0.331. The quantitative estimate of drug-likeness (QED) is 0.759. The van der Waals surface area contributed by atoms with Crippen molar-refractivity contribution in [1.82, 2.24) is 15.0 Å². The first-order chi connectivity index (χ1) is 7.00. The van der Waals surface area contributed by atoms with Gasteiger partial charge in [-0.3, -0.25) is 4.68 Å². The Morgan fingerprint density at radius 2 is 2.27 bits per heavy atom. The third kappa shape index (κ3) is 1.91. The van der Waals surface area contributed by atoms with E-state index in [1.165, 1.54) is 12.1 Å². The van der Waals surface area contributed by atoms with Crippen LogP contribution in [0.3, 0.4) is 0 Å². The predicted molar refractivity (Wildman–Crippen MR) is 59.4 cm³/mol. The second-order valence-electron chi connectivity index (χ2n) is 5.36. The molecule has 1 fully saturated rings. The normalized spacial score (nSPS) is 30.4. The summed E-state index contributed by atoms with van der Waals surface area (Å²) in [5.41, 5.74) is 7.58. The van der Waals surface area contributed by atoms with Crippen LogP contribution < -0.4 is 5.73 Å². The minimum Gasteiger partial charge on any atom is -0.328 e. The van der Waals surface area contributed by atoms with Gasteiger partial charge < -0.3 is 5.73 Å². The van der Waals surface area contributed by atoms with Crippen molar-refractivity contribution < 1.29 is 0 Å². The summed E-state index contributed by atoms with van der Waals surface area (Å²) in [7, 11) is 1.96. The molecule has 1 aromatic heterocycles. The lowest BCUT2D eigenvalue weighted by Crippen LogP contribution is -2.37. The van der Waals surface area contributed by atoms with Crippen molar-refractivity contribution in [2.45, 2.75) is 45.1 Å². The van der Waals surface area contributed by atoms with Crippen LogP contribution >= 0.6 is 0 Å². The van der Waals surface area contributed by atoms with Crippen molar-refractivity contribution >= 4 is 0 Å². The third-order valence-corrected chi connectivity index (χ3v) is 3.75. The predicted octanol–water partition coefficient (Wildman–Crippen LogP) is 1.44. The van der Waals surface area contributed by atoms with E-state index in [-0.39, 0.29) is 0 Å². The fraction of sp³-hybridized carbons (Fsp3) is 0.818. The molecule has 1 aliphatic rings. The molecule has 2 atom stereocenters. The van der Waals surface area contributed by atoms with E-state index in [0.29, 0.717) is 17.4 Å². The van der Waals surface area contributed by atoms with Crippen molar-refractivity contribution in [1.29, 1.82) is 0 Å². The average Bonchev–Trinajstić information content (AvgIpc) is 2.56. The Labute approximate surface area is 90.8 Å². The molecule has 1 aliphatic carbocycles. The molecule has 0 bridgehead atoms. The van der Waals surface area contributed by atoms with Gasteiger partial charge in [-0.2, -0.15) is 0 Å². The molecule has 1 saturated carbocycles. The summed E-state index contributed by atoms with van der Waals surface area (Å²) >= 11 is 0. The number of hydrogen-bond acceptors (Lipinski definition) is 3. The Bertz CT molecular complexity index is 342. The zero-order valence-corrected chi connectivity index (χ0v) is 9.77. The molecule has 15 heavy (non-hydrogen) atoms. The minimum atomic E-state index is 0.311. The SMILES string of the molecule is Cn1nncc1C1CC(N)CCC1(C)C. The molecular weight excluding hydrogens is 188 g/mol. The number of nitrogens with two attached hydrogens (primary N) is 1. The van der Waals surface area contributed by atoms with Gasteiger partial charge in [0.1, 0.15) is 0 Å². The summed E-state index contributed by atoms with van der Waals surface area (Å²) in [6.45, 7) is 4.63. The summed E-state index contributed by atoms with van der Waals surface area (Å²) in [4.78, 5) is 0. The molecule has 0 radical (unpaired) electrons. The third-order valence-electron chi connectivity index (χ3n) is 3.75. The standard InChI is InChI=1S/C11H20N4/c1-11(2)5-4-8(12)6-9(11)10-7-13-14-15(10)3/h7-9H,4-6,12H2,1-3H3. The van der Waals surface area contributed by atoms with Gasteiger partial charge >= 0.3 is 0 Å². The van der Waals surface area contributed by atoms with E-state index in [4.69, 9.17) is 5.73 Å². The smallest absolute Gasteiger partial charge is 0.0728 e. The van der Waals surface area contributed by atoms with Crippen LogP contribution in [0.4, 0.5) is 0 Å². The largest absolute Gasteiger partial charge is 0.328 e. The lowest BCUT2D eigenvalue weighted by molar-refractivity contribution is 0.176. The molecule has 2 unspecified atom stereocenters. The maximum Gasteiger partial charge on any atom is 0.0728 e. The van der Waals surface area contributed by atoms with Crippen LogP contribution in [-0.2, 0) is 7.05 Å². The van der Waals surface area contributed by atoms with Gasteiger partial charge in [0.15, 0.2) is 0 Å². The van der Waals surface area contributed by atoms with Crippen molar-refractivity contribution in [2.24, 2.45) is 18.2 Å². The van der Waals surface area contributed by atoms with Gasteiger partial charge in [0, 0.05) is 19.0 Å². The van der Waals surface area contributed by atoms with Crippen molar-refractivity contribution in [2.75, 3.05) is 0 Å². The second-order valence-corrected chi connectivity index (χ2v) is 5.36. The van der Waals surface area contributed by atoms with Crippen molar-refractivity contribution in [3.8, 4) is 0 Å². The van der Waals surface area contributed by atoms with E-state index in [2.05, 4.69) is 24.2 Å². The molecule has 4 heteroatoms. The van der Waals surface area contributed by atoms with E-state index < -0.39 is 0 Å². The highest BCUT2D eigenvalue weighted by molar-refractivity contribution is 5.11. The second kappa shape index (κ2) is 3.59. The number of nitrogens with zero attached hydrogens (tertiary/aromatic N) is 3. The zero-order valence-electron chi connectivity index (χ0n) is 9.77. The van der Waals surface area contributed by atoms with Crippen LogP contribution in [0.1, 0.15) is 44.7 Å². The highest BCUT2D eigenvalue weighted by Gasteiger charge is 2.37. The summed E-state index contributed by atoms with van der Waals surface area (Å²) in [5, 5.41) is 7.97. The van der Waals surface area contributed by atoms with Crippen LogP contribution in [0.15, 0.2) is 6.20 Å². The molecule has 0 spiro atoms. The van der Waals surface area contributed by atoms with Gasteiger partial charge in [-0.15, -0.1) is 5.10 Å². The number of aromatic nitrogens is 3. The van der Waals surface area contributed by atoms with Crippen LogP contribution in [0, 0.1) is 5.41 Å². The Morgan fingerprint density at radius 1 is 1.53 bits per heavy atom. The first-order valence-corrected chi connectivity index (χ1v) is 5.61. The van der Waals surface area contributed by atoms with Crippen molar-refractivity contribution in [3.63, 3.8) is 0 Å². The molecule has 4 nitrogen and oxygen atoms in total. The highest BCUT2D eigenvalue weighted by atomic mass is 15.4. The Kier molecular flexibility index (Phi) is 2.54. The minimum absolute atomic E-state index is 0.311. The Morgan fingerprint density at radius 3 is 2.87 bits per heavy atom. The molecule has 2 N–H and O–H groups in total. The number of rotatable bonds is 1. The van der Waals surface area contributed by atoms with Gasteiger partial charge in [0.05, 0.1) is 11.9 Å². The van der Waals surface area contributed by atoms with Gasteiger partial charge in [0.2, 0.25) is 0 Å².